The highest BCUT2D eigenvalue weighted by Gasteiger charge is 2.40. The molecule has 1 heterocycles. The van der Waals surface area contributed by atoms with Crippen molar-refractivity contribution in [1.29, 1.82) is 0 Å². The molecule has 0 aliphatic carbocycles. The first-order chi connectivity index (χ1) is 11.4. The number of likely N-dealkylation sites (tertiary alicyclic amines) is 1. The highest BCUT2D eigenvalue weighted by atomic mass is 35.5. The molecule has 0 unspecified atom stereocenters. The van der Waals surface area contributed by atoms with Gasteiger partial charge in [0, 0.05) is 30.1 Å². The van der Waals surface area contributed by atoms with Gasteiger partial charge in [0.05, 0.1) is 5.41 Å². The van der Waals surface area contributed by atoms with Crippen LogP contribution in [0.25, 0.3) is 0 Å². The summed E-state index contributed by atoms with van der Waals surface area (Å²) in [6, 6.07) is 17.7. The Kier molecular flexibility index (Phi) is 4.66. The molecule has 0 saturated carbocycles. The molecule has 0 radical (unpaired) electrons. The first kappa shape index (κ1) is 17.0. The van der Waals surface area contributed by atoms with E-state index in [1.165, 1.54) is 5.56 Å². The van der Waals surface area contributed by atoms with Crippen molar-refractivity contribution in [3.63, 3.8) is 0 Å². The smallest absolute Gasteiger partial charge is 0.232 e. The van der Waals surface area contributed by atoms with Crippen LogP contribution in [0.3, 0.4) is 0 Å². The van der Waals surface area contributed by atoms with Gasteiger partial charge in [0.2, 0.25) is 5.91 Å². The summed E-state index contributed by atoms with van der Waals surface area (Å²) in [4.78, 5) is 15.0. The Hall–Kier alpha value is -1.84. The average Bonchev–Trinajstić information content (AvgIpc) is 2.97. The van der Waals surface area contributed by atoms with Crippen LogP contribution in [0.2, 0.25) is 5.02 Å². The van der Waals surface area contributed by atoms with Gasteiger partial charge in [-0.1, -0.05) is 54.1 Å². The third-order valence-electron chi connectivity index (χ3n) is 4.98. The summed E-state index contributed by atoms with van der Waals surface area (Å²) < 4.78 is 0. The third kappa shape index (κ3) is 3.19. The van der Waals surface area contributed by atoms with Crippen molar-refractivity contribution in [2.24, 2.45) is 5.73 Å². The minimum atomic E-state index is -0.601. The zero-order chi connectivity index (χ0) is 17.3. The number of hydrogen-bond donors (Lipinski definition) is 1. The lowest BCUT2D eigenvalue weighted by molar-refractivity contribution is -0.135. The second-order valence-electron chi connectivity index (χ2n) is 7.02. The number of halogens is 1. The molecule has 3 rings (SSSR count). The number of benzene rings is 2. The van der Waals surface area contributed by atoms with Gasteiger partial charge >= 0.3 is 0 Å². The lowest BCUT2D eigenvalue weighted by Crippen LogP contribution is -2.43. The lowest BCUT2D eigenvalue weighted by Gasteiger charge is -2.30. The standard InChI is InChI=1S/C20H23ClN2O/c1-20(2,15-8-10-16(21)11-9-15)19(24)23-12-17(18(22)13-23)14-6-4-3-5-7-14/h3-11,17-18H,12-13,22H2,1-2H3/t17-,18+/m0/s1. The van der Waals surface area contributed by atoms with E-state index < -0.39 is 5.41 Å². The van der Waals surface area contributed by atoms with Crippen LogP contribution in [-0.2, 0) is 10.2 Å². The summed E-state index contributed by atoms with van der Waals surface area (Å²) in [5, 5.41) is 0.675. The summed E-state index contributed by atoms with van der Waals surface area (Å²) in [6.45, 7) is 5.18. The monoisotopic (exact) mass is 342 g/mol. The normalized spacial score (nSPS) is 21.1. The van der Waals surface area contributed by atoms with Gasteiger partial charge in [-0.05, 0) is 37.1 Å². The Morgan fingerprint density at radius 1 is 1.08 bits per heavy atom. The summed E-state index contributed by atoms with van der Waals surface area (Å²) in [6.07, 6.45) is 0. The van der Waals surface area contributed by atoms with E-state index in [9.17, 15) is 4.79 Å². The van der Waals surface area contributed by atoms with Crippen LogP contribution in [0.5, 0.6) is 0 Å². The van der Waals surface area contributed by atoms with E-state index in [4.69, 9.17) is 17.3 Å². The van der Waals surface area contributed by atoms with Crippen LogP contribution >= 0.6 is 11.6 Å². The number of nitrogens with zero attached hydrogens (tertiary/aromatic N) is 1. The number of carbonyl (C=O) groups excluding carboxylic acids is 1. The van der Waals surface area contributed by atoms with Crippen LogP contribution in [-0.4, -0.2) is 29.9 Å². The molecule has 0 spiro atoms. The fraction of sp³-hybridized carbons (Fsp3) is 0.350. The van der Waals surface area contributed by atoms with Crippen molar-refractivity contribution in [3.05, 3.63) is 70.7 Å². The van der Waals surface area contributed by atoms with Crippen LogP contribution in [0.1, 0.15) is 30.9 Å². The van der Waals surface area contributed by atoms with Gasteiger partial charge in [-0.15, -0.1) is 0 Å². The molecule has 126 valence electrons. The fourth-order valence-electron chi connectivity index (χ4n) is 3.43. The first-order valence-electron chi connectivity index (χ1n) is 8.25. The topological polar surface area (TPSA) is 46.3 Å². The molecule has 0 bridgehead atoms. The van der Waals surface area contributed by atoms with Crippen molar-refractivity contribution in [2.45, 2.75) is 31.2 Å². The van der Waals surface area contributed by atoms with Gasteiger partial charge in [0.15, 0.2) is 0 Å². The molecule has 1 amide bonds. The molecular formula is C20H23ClN2O. The molecular weight excluding hydrogens is 320 g/mol. The maximum absolute atomic E-state index is 13.1. The summed E-state index contributed by atoms with van der Waals surface area (Å²) in [7, 11) is 0. The second-order valence-corrected chi connectivity index (χ2v) is 7.46. The van der Waals surface area contributed by atoms with E-state index in [1.54, 1.807) is 0 Å². The van der Waals surface area contributed by atoms with Crippen LogP contribution in [0, 0.1) is 0 Å². The van der Waals surface area contributed by atoms with E-state index >= 15 is 0 Å². The molecule has 3 nitrogen and oxygen atoms in total. The summed E-state index contributed by atoms with van der Waals surface area (Å²) in [5.74, 6) is 0.301. The third-order valence-corrected chi connectivity index (χ3v) is 5.23. The second kappa shape index (κ2) is 6.58. The van der Waals surface area contributed by atoms with Gasteiger partial charge in [0.25, 0.3) is 0 Å². The summed E-state index contributed by atoms with van der Waals surface area (Å²) >= 11 is 5.96. The van der Waals surface area contributed by atoms with Crippen molar-refractivity contribution in [3.8, 4) is 0 Å². The molecule has 0 aromatic heterocycles. The maximum Gasteiger partial charge on any atom is 0.232 e. The minimum absolute atomic E-state index is 0.0302. The zero-order valence-electron chi connectivity index (χ0n) is 14.1. The minimum Gasteiger partial charge on any atom is -0.340 e. The van der Waals surface area contributed by atoms with Crippen LogP contribution in [0.15, 0.2) is 54.6 Å². The van der Waals surface area contributed by atoms with Crippen molar-refractivity contribution >= 4 is 17.5 Å². The van der Waals surface area contributed by atoms with Crippen molar-refractivity contribution < 1.29 is 4.79 Å². The summed E-state index contributed by atoms with van der Waals surface area (Å²) in [5.41, 5.74) is 7.89. The number of amides is 1. The van der Waals surface area contributed by atoms with Crippen LogP contribution < -0.4 is 5.73 Å². The average molecular weight is 343 g/mol. The molecule has 2 aromatic rings. The molecule has 2 atom stereocenters. The van der Waals surface area contributed by atoms with Gasteiger partial charge in [-0.3, -0.25) is 4.79 Å². The van der Waals surface area contributed by atoms with Gasteiger partial charge in [-0.25, -0.2) is 0 Å². The molecule has 1 fully saturated rings. The lowest BCUT2D eigenvalue weighted by atomic mass is 9.83. The van der Waals surface area contributed by atoms with Gasteiger partial charge in [-0.2, -0.15) is 0 Å². The molecule has 24 heavy (non-hydrogen) atoms. The number of nitrogens with two attached hydrogens (primary N) is 1. The van der Waals surface area contributed by atoms with E-state index in [0.717, 1.165) is 5.56 Å². The Balaban J connectivity index is 1.79. The Morgan fingerprint density at radius 3 is 2.33 bits per heavy atom. The Bertz CT molecular complexity index is 712. The Labute approximate surface area is 148 Å². The Morgan fingerprint density at radius 2 is 1.71 bits per heavy atom. The quantitative estimate of drug-likeness (QED) is 0.926. The zero-order valence-corrected chi connectivity index (χ0v) is 14.8. The molecule has 2 aromatic carbocycles. The predicted molar refractivity (Wildman–Crippen MR) is 98.2 cm³/mol. The van der Waals surface area contributed by atoms with Crippen molar-refractivity contribution in [2.75, 3.05) is 13.1 Å². The van der Waals surface area contributed by atoms with Crippen molar-refractivity contribution in [1.82, 2.24) is 4.90 Å². The molecule has 4 heteroatoms. The molecule has 1 aliphatic rings. The predicted octanol–water partition coefficient (Wildman–Crippen LogP) is 3.57. The van der Waals surface area contributed by atoms with E-state index in [0.29, 0.717) is 18.1 Å². The highest BCUT2D eigenvalue weighted by molar-refractivity contribution is 6.30. The SMILES string of the molecule is CC(C)(C(=O)N1C[C@@H](N)[C@H](c2ccccc2)C1)c1ccc(Cl)cc1. The van der Waals surface area contributed by atoms with Gasteiger partial charge in [0.1, 0.15) is 0 Å². The highest BCUT2D eigenvalue weighted by Crippen LogP contribution is 2.32. The molecule has 1 saturated heterocycles. The van der Waals surface area contributed by atoms with E-state index in [2.05, 4.69) is 12.1 Å². The van der Waals surface area contributed by atoms with Crippen LogP contribution in [0.4, 0.5) is 0 Å². The van der Waals surface area contributed by atoms with E-state index in [-0.39, 0.29) is 17.9 Å². The van der Waals surface area contributed by atoms with Gasteiger partial charge < -0.3 is 10.6 Å². The number of hydrogen-bond acceptors (Lipinski definition) is 2. The largest absolute Gasteiger partial charge is 0.340 e. The first-order valence-corrected chi connectivity index (χ1v) is 8.63. The van der Waals surface area contributed by atoms with E-state index in [1.807, 2.05) is 61.2 Å². The molecule has 1 aliphatic heterocycles. The number of carbonyl (C=O) groups is 1. The molecule has 2 N–H and O–H groups in total. The number of rotatable bonds is 3. The fourth-order valence-corrected chi connectivity index (χ4v) is 3.56. The maximum atomic E-state index is 13.1.